The van der Waals surface area contributed by atoms with Crippen LogP contribution in [0.25, 0.3) is 17.2 Å². The Labute approximate surface area is 276 Å². The summed E-state index contributed by atoms with van der Waals surface area (Å²) in [5.74, 6) is -6.65. The van der Waals surface area contributed by atoms with Crippen molar-refractivity contribution in [3.05, 3.63) is 118 Å². The fraction of sp³-hybridized carbons (Fsp3) is 0.222. The van der Waals surface area contributed by atoms with Crippen molar-refractivity contribution in [2.24, 2.45) is 17.8 Å². The second kappa shape index (κ2) is 13.1. The van der Waals surface area contributed by atoms with Gasteiger partial charge in [-0.1, -0.05) is 42.0 Å². The number of halogens is 5. The van der Waals surface area contributed by atoms with Crippen molar-refractivity contribution in [3.63, 3.8) is 0 Å². The molecule has 8 nitrogen and oxygen atoms in total. The summed E-state index contributed by atoms with van der Waals surface area (Å²) in [5, 5.41) is 14.8. The van der Waals surface area contributed by atoms with Gasteiger partial charge in [-0.15, -0.1) is 0 Å². The van der Waals surface area contributed by atoms with Gasteiger partial charge in [0, 0.05) is 35.0 Å². The van der Waals surface area contributed by atoms with E-state index in [2.05, 4.69) is 15.6 Å². The van der Waals surface area contributed by atoms with Crippen LogP contribution in [0.4, 0.5) is 27.6 Å². The van der Waals surface area contributed by atoms with Crippen molar-refractivity contribution in [3.8, 4) is 17.0 Å². The molecule has 0 saturated heterocycles. The van der Waals surface area contributed by atoms with E-state index in [9.17, 15) is 41.4 Å². The fourth-order valence-electron chi connectivity index (χ4n) is 6.81. The van der Waals surface area contributed by atoms with E-state index in [0.717, 1.165) is 35.4 Å². The van der Waals surface area contributed by atoms with Crippen LogP contribution in [0, 0.1) is 29.4 Å². The average Bonchev–Trinajstić information content (AvgIpc) is 3.59. The zero-order valence-corrected chi connectivity index (χ0v) is 25.7. The number of fused-ring (bicyclic) bond motifs is 2. The molecule has 49 heavy (non-hydrogen) atoms. The Bertz CT molecular complexity index is 1980. The number of rotatable bonds is 8. The van der Waals surface area contributed by atoms with Gasteiger partial charge in [-0.2, -0.15) is 13.2 Å². The fourth-order valence-corrected chi connectivity index (χ4v) is 6.81. The number of pyridine rings is 1. The second-order valence-corrected chi connectivity index (χ2v) is 11.8. The minimum absolute atomic E-state index is 0.0928. The molecule has 1 heterocycles. The number of amides is 2. The first-order valence-corrected chi connectivity index (χ1v) is 15.2. The average molecular weight is 678 g/mol. The van der Waals surface area contributed by atoms with Crippen LogP contribution in [-0.4, -0.2) is 41.0 Å². The van der Waals surface area contributed by atoms with Gasteiger partial charge in [-0.05, 0) is 66.8 Å². The first-order chi connectivity index (χ1) is 23.3. The van der Waals surface area contributed by atoms with Gasteiger partial charge in [0.1, 0.15) is 17.2 Å². The van der Waals surface area contributed by atoms with E-state index in [4.69, 9.17) is 4.74 Å². The maximum Gasteiger partial charge on any atom is 0.419 e. The summed E-state index contributed by atoms with van der Waals surface area (Å²) in [4.78, 5) is 43.5. The molecule has 4 atom stereocenters. The van der Waals surface area contributed by atoms with Crippen molar-refractivity contribution < 1.29 is 46.2 Å². The number of benzene rings is 3. The van der Waals surface area contributed by atoms with Crippen molar-refractivity contribution in [2.75, 3.05) is 12.4 Å². The molecule has 2 unspecified atom stereocenters. The van der Waals surface area contributed by atoms with Crippen molar-refractivity contribution in [1.29, 1.82) is 0 Å². The lowest BCUT2D eigenvalue weighted by molar-refractivity contribution is -0.140. The van der Waals surface area contributed by atoms with Crippen LogP contribution in [0.2, 0.25) is 0 Å². The standard InChI is InChI=1S/C36H28F5N3O5/c1-49-34-26(15-20(17-42-34)24-14-19(35(47)48)7-11-28(24)37)32(45)44-31-23-10-9-22(25(23)13-18-5-3-2-4-6-18)30(31)33(46)43-21-8-12-29(38)27(16-21)36(39,40)41/h2-8,11-17,22-23,30-31H,9-10H2,1H3,(H,43,46)(H,44,45)(H,47,48)/b25-13-/t22?,23?,30-,31+/m0/s1. The van der Waals surface area contributed by atoms with Gasteiger partial charge >= 0.3 is 12.1 Å². The number of aromatic carboxylic acids is 1. The number of alkyl halides is 3. The predicted molar refractivity (Wildman–Crippen MR) is 169 cm³/mol. The Balaban J connectivity index is 1.36. The number of carboxylic acid groups (broad SMARTS) is 1. The number of carbonyl (C=O) groups is 3. The molecule has 1 aromatic heterocycles. The molecule has 3 aromatic carbocycles. The monoisotopic (exact) mass is 677 g/mol. The minimum atomic E-state index is -4.99. The van der Waals surface area contributed by atoms with Gasteiger partial charge in [0.15, 0.2) is 0 Å². The molecule has 6 rings (SSSR count). The lowest BCUT2D eigenvalue weighted by atomic mass is 9.83. The predicted octanol–water partition coefficient (Wildman–Crippen LogP) is 7.23. The molecule has 2 aliphatic carbocycles. The van der Waals surface area contributed by atoms with Gasteiger partial charge in [-0.25, -0.2) is 18.6 Å². The van der Waals surface area contributed by atoms with Crippen LogP contribution >= 0.6 is 0 Å². The van der Waals surface area contributed by atoms with Crippen LogP contribution in [0.3, 0.4) is 0 Å². The first kappa shape index (κ1) is 33.3. The summed E-state index contributed by atoms with van der Waals surface area (Å²) in [6.07, 6.45) is -0.639. The lowest BCUT2D eigenvalue weighted by Gasteiger charge is -2.30. The Morgan fingerprint density at radius 3 is 2.35 bits per heavy atom. The highest BCUT2D eigenvalue weighted by molar-refractivity contribution is 6.00. The number of nitrogens with zero attached hydrogens (tertiary/aromatic N) is 1. The van der Waals surface area contributed by atoms with Crippen molar-refractivity contribution >= 4 is 29.5 Å². The van der Waals surface area contributed by atoms with Crippen LogP contribution in [0.15, 0.2) is 84.6 Å². The third kappa shape index (κ3) is 6.60. The van der Waals surface area contributed by atoms with Gasteiger partial charge in [0.2, 0.25) is 11.8 Å². The number of anilines is 1. The van der Waals surface area contributed by atoms with Crippen LogP contribution in [0.1, 0.15) is 44.7 Å². The molecule has 0 spiro atoms. The molecular formula is C36H28F5N3O5. The summed E-state index contributed by atoms with van der Waals surface area (Å²) in [5.41, 5.74) is -0.375. The first-order valence-electron chi connectivity index (χ1n) is 15.2. The van der Waals surface area contributed by atoms with E-state index in [-0.39, 0.29) is 45.7 Å². The summed E-state index contributed by atoms with van der Waals surface area (Å²) in [6.45, 7) is 0. The number of carbonyl (C=O) groups excluding carboxylic acids is 2. The van der Waals surface area contributed by atoms with Crippen LogP contribution in [0.5, 0.6) is 5.88 Å². The number of carboxylic acids is 1. The van der Waals surface area contributed by atoms with Gasteiger partial charge < -0.3 is 20.5 Å². The normalized spacial score (nSPS) is 20.7. The highest BCUT2D eigenvalue weighted by Gasteiger charge is 2.54. The highest BCUT2D eigenvalue weighted by Crippen LogP contribution is 2.53. The molecular weight excluding hydrogens is 649 g/mol. The molecule has 13 heteroatoms. The van der Waals surface area contributed by atoms with E-state index in [0.29, 0.717) is 25.0 Å². The number of methoxy groups -OCH3 is 1. The number of aromatic nitrogens is 1. The Hall–Kier alpha value is -5.59. The summed E-state index contributed by atoms with van der Waals surface area (Å²) in [7, 11) is 1.27. The highest BCUT2D eigenvalue weighted by atomic mass is 19.4. The Morgan fingerprint density at radius 2 is 1.65 bits per heavy atom. The van der Waals surface area contributed by atoms with Gasteiger partial charge in [-0.3, -0.25) is 9.59 Å². The van der Waals surface area contributed by atoms with E-state index < -0.39 is 53.1 Å². The molecule has 2 saturated carbocycles. The number of hydrogen-bond donors (Lipinski definition) is 3. The lowest BCUT2D eigenvalue weighted by Crippen LogP contribution is -2.48. The molecule has 2 fully saturated rings. The number of hydrogen-bond acceptors (Lipinski definition) is 5. The van der Waals surface area contributed by atoms with Crippen molar-refractivity contribution in [2.45, 2.75) is 25.1 Å². The third-order valence-electron chi connectivity index (χ3n) is 8.99. The van der Waals surface area contributed by atoms with E-state index >= 15 is 0 Å². The molecule has 0 aliphatic heterocycles. The van der Waals surface area contributed by atoms with Gasteiger partial charge in [0.25, 0.3) is 5.91 Å². The van der Waals surface area contributed by atoms with Crippen molar-refractivity contribution in [1.82, 2.24) is 10.3 Å². The van der Waals surface area contributed by atoms with E-state index in [1.807, 2.05) is 36.4 Å². The molecule has 2 aliphatic rings. The number of ether oxygens (including phenoxy) is 1. The molecule has 3 N–H and O–H groups in total. The Morgan fingerprint density at radius 1 is 0.939 bits per heavy atom. The third-order valence-corrected chi connectivity index (χ3v) is 8.99. The van der Waals surface area contributed by atoms with Crippen LogP contribution in [-0.2, 0) is 11.0 Å². The maximum atomic E-state index is 14.8. The maximum absolute atomic E-state index is 14.8. The van der Waals surface area contributed by atoms with E-state index in [1.165, 1.54) is 19.4 Å². The molecule has 252 valence electrons. The largest absolute Gasteiger partial charge is 0.480 e. The summed E-state index contributed by atoms with van der Waals surface area (Å²) in [6, 6.07) is 15.2. The van der Waals surface area contributed by atoms with Gasteiger partial charge in [0.05, 0.1) is 24.2 Å². The van der Waals surface area contributed by atoms with Crippen LogP contribution < -0.4 is 15.4 Å². The summed E-state index contributed by atoms with van der Waals surface area (Å²) < 4.78 is 74.4. The minimum Gasteiger partial charge on any atom is -0.480 e. The smallest absolute Gasteiger partial charge is 0.419 e. The molecule has 2 amide bonds. The SMILES string of the molecule is COc1ncc(-c2cc(C(=O)O)ccc2F)cc1C(=O)N[C@@H]1C2CCC(/C2=C/c2ccccc2)[C@@H]1C(=O)Nc1ccc(F)c(C(F)(F)F)c1. The Kier molecular flexibility index (Phi) is 8.93. The zero-order valence-electron chi connectivity index (χ0n) is 25.7. The summed E-state index contributed by atoms with van der Waals surface area (Å²) >= 11 is 0. The topological polar surface area (TPSA) is 118 Å². The molecule has 4 aromatic rings. The number of nitrogens with one attached hydrogen (secondary N) is 2. The second-order valence-electron chi connectivity index (χ2n) is 11.8. The van der Waals surface area contributed by atoms with E-state index in [1.54, 1.807) is 0 Å². The quantitative estimate of drug-likeness (QED) is 0.170. The molecule has 0 radical (unpaired) electrons. The molecule has 2 bridgehead atoms. The zero-order chi connectivity index (χ0) is 35.0.